The molecule has 0 saturated heterocycles. The molecule has 1 aliphatic rings. The van der Waals surface area contributed by atoms with Crippen LogP contribution in [0.2, 0.25) is 0 Å². The van der Waals surface area contributed by atoms with Crippen LogP contribution in [0.4, 0.5) is 5.69 Å². The summed E-state index contributed by atoms with van der Waals surface area (Å²) in [6.45, 7) is 6.34. The van der Waals surface area contributed by atoms with E-state index in [0.717, 1.165) is 24.3 Å². The molecule has 0 spiro atoms. The Hall–Kier alpha value is -1.51. The van der Waals surface area contributed by atoms with Gasteiger partial charge in [-0.1, -0.05) is 44.9 Å². The van der Waals surface area contributed by atoms with Gasteiger partial charge in [0, 0.05) is 18.8 Å². The summed E-state index contributed by atoms with van der Waals surface area (Å²) < 4.78 is 0. The van der Waals surface area contributed by atoms with Crippen LogP contribution in [-0.2, 0) is 4.79 Å². The van der Waals surface area contributed by atoms with Gasteiger partial charge in [0.05, 0.1) is 5.92 Å². The molecule has 3 heteroatoms. The third-order valence-electron chi connectivity index (χ3n) is 4.27. The molecular formula is C16H23NO2. The normalized spacial score (nSPS) is 18.5. The Bertz CT molecular complexity index is 440. The average molecular weight is 261 g/mol. The summed E-state index contributed by atoms with van der Waals surface area (Å²) in [5.74, 6) is -0.349. The van der Waals surface area contributed by atoms with E-state index in [1.807, 2.05) is 18.2 Å². The number of hydrogen-bond acceptors (Lipinski definition) is 2. The fourth-order valence-electron chi connectivity index (χ4n) is 2.94. The predicted molar refractivity (Wildman–Crippen MR) is 77.7 cm³/mol. The van der Waals surface area contributed by atoms with Crippen molar-refractivity contribution in [3.05, 3.63) is 29.8 Å². The van der Waals surface area contributed by atoms with Gasteiger partial charge in [-0.25, -0.2) is 0 Å². The van der Waals surface area contributed by atoms with Gasteiger partial charge in [0.1, 0.15) is 0 Å². The van der Waals surface area contributed by atoms with Crippen molar-refractivity contribution in [3.63, 3.8) is 0 Å². The lowest BCUT2D eigenvalue weighted by Crippen LogP contribution is -2.36. The fourth-order valence-corrected chi connectivity index (χ4v) is 2.94. The quantitative estimate of drug-likeness (QED) is 0.882. The first-order valence-corrected chi connectivity index (χ1v) is 7.24. The summed E-state index contributed by atoms with van der Waals surface area (Å²) in [6.07, 6.45) is 3.07. The standard InChI is InChI=1S/C16H23NO2/c1-3-12(4-2)11-17-10-9-14(16(18)19)13-7-5-6-8-15(13)17/h5-8,12,14H,3-4,9-11H2,1-2H3,(H,18,19). The minimum Gasteiger partial charge on any atom is -0.481 e. The molecule has 104 valence electrons. The largest absolute Gasteiger partial charge is 0.481 e. The van der Waals surface area contributed by atoms with Crippen molar-refractivity contribution in [3.8, 4) is 0 Å². The zero-order valence-corrected chi connectivity index (χ0v) is 11.8. The van der Waals surface area contributed by atoms with E-state index in [1.54, 1.807) is 0 Å². The van der Waals surface area contributed by atoms with Gasteiger partial charge in [0.15, 0.2) is 0 Å². The molecule has 1 aliphatic heterocycles. The fraction of sp³-hybridized carbons (Fsp3) is 0.562. The van der Waals surface area contributed by atoms with Crippen LogP contribution in [0.5, 0.6) is 0 Å². The van der Waals surface area contributed by atoms with Gasteiger partial charge >= 0.3 is 5.97 Å². The van der Waals surface area contributed by atoms with Crippen LogP contribution in [0.3, 0.4) is 0 Å². The Balaban J connectivity index is 2.25. The second kappa shape index (κ2) is 6.09. The Morgan fingerprint density at radius 3 is 2.68 bits per heavy atom. The molecule has 1 heterocycles. The molecule has 0 bridgehead atoms. The number of benzene rings is 1. The van der Waals surface area contributed by atoms with Crippen LogP contribution in [0.15, 0.2) is 24.3 Å². The van der Waals surface area contributed by atoms with Crippen molar-refractivity contribution in [2.75, 3.05) is 18.0 Å². The second-order valence-corrected chi connectivity index (χ2v) is 5.37. The minimum absolute atomic E-state index is 0.339. The zero-order valence-electron chi connectivity index (χ0n) is 11.8. The maximum atomic E-state index is 11.3. The summed E-state index contributed by atoms with van der Waals surface area (Å²) >= 11 is 0. The molecule has 1 atom stereocenters. The number of anilines is 1. The molecule has 1 aromatic carbocycles. The molecule has 0 aliphatic carbocycles. The van der Waals surface area contributed by atoms with Crippen LogP contribution in [0.1, 0.15) is 44.6 Å². The number of nitrogens with zero attached hydrogens (tertiary/aromatic N) is 1. The third-order valence-corrected chi connectivity index (χ3v) is 4.27. The molecule has 2 rings (SSSR count). The number of carboxylic acid groups (broad SMARTS) is 1. The first kappa shape index (κ1) is 13.9. The number of para-hydroxylation sites is 1. The summed E-state index contributed by atoms with van der Waals surface area (Å²) in [6, 6.07) is 7.97. The molecule has 0 aromatic heterocycles. The third kappa shape index (κ3) is 2.91. The van der Waals surface area contributed by atoms with E-state index >= 15 is 0 Å². The van der Waals surface area contributed by atoms with Gasteiger partial charge in [0.25, 0.3) is 0 Å². The van der Waals surface area contributed by atoms with Crippen LogP contribution in [0.25, 0.3) is 0 Å². The molecule has 1 N–H and O–H groups in total. The Kier molecular flexibility index (Phi) is 4.46. The molecule has 19 heavy (non-hydrogen) atoms. The number of fused-ring (bicyclic) bond motifs is 1. The highest BCUT2D eigenvalue weighted by Gasteiger charge is 2.30. The summed E-state index contributed by atoms with van der Waals surface area (Å²) in [5.41, 5.74) is 2.10. The Labute approximate surface area is 115 Å². The Morgan fingerprint density at radius 1 is 1.37 bits per heavy atom. The first-order chi connectivity index (χ1) is 9.17. The lowest BCUT2D eigenvalue weighted by atomic mass is 9.89. The van der Waals surface area contributed by atoms with Crippen LogP contribution >= 0.6 is 0 Å². The topological polar surface area (TPSA) is 40.5 Å². The van der Waals surface area contributed by atoms with Gasteiger partial charge in [-0.2, -0.15) is 0 Å². The lowest BCUT2D eigenvalue weighted by Gasteiger charge is -2.36. The van der Waals surface area contributed by atoms with Crippen molar-refractivity contribution >= 4 is 11.7 Å². The molecule has 1 unspecified atom stereocenters. The van der Waals surface area contributed by atoms with Crippen LogP contribution < -0.4 is 4.90 Å². The highest BCUT2D eigenvalue weighted by Crippen LogP contribution is 2.35. The number of carbonyl (C=O) groups is 1. The van der Waals surface area contributed by atoms with Crippen molar-refractivity contribution in [2.45, 2.75) is 39.0 Å². The summed E-state index contributed by atoms with van der Waals surface area (Å²) in [5, 5.41) is 9.33. The SMILES string of the molecule is CCC(CC)CN1CCC(C(=O)O)c2ccccc21. The van der Waals surface area contributed by atoms with Gasteiger partial charge in [-0.05, 0) is 24.0 Å². The van der Waals surface area contributed by atoms with E-state index in [4.69, 9.17) is 0 Å². The smallest absolute Gasteiger partial charge is 0.311 e. The molecule has 3 nitrogen and oxygen atoms in total. The van der Waals surface area contributed by atoms with E-state index in [9.17, 15) is 9.90 Å². The van der Waals surface area contributed by atoms with Crippen molar-refractivity contribution in [1.29, 1.82) is 0 Å². The molecule has 0 amide bonds. The summed E-state index contributed by atoms with van der Waals surface area (Å²) in [4.78, 5) is 13.7. The zero-order chi connectivity index (χ0) is 13.8. The molecule has 0 radical (unpaired) electrons. The molecular weight excluding hydrogens is 238 g/mol. The van der Waals surface area contributed by atoms with Crippen LogP contribution in [0, 0.1) is 5.92 Å². The van der Waals surface area contributed by atoms with Crippen molar-refractivity contribution < 1.29 is 9.90 Å². The van der Waals surface area contributed by atoms with Crippen molar-refractivity contribution in [1.82, 2.24) is 0 Å². The van der Waals surface area contributed by atoms with E-state index in [1.165, 1.54) is 12.8 Å². The predicted octanol–water partition coefficient (Wildman–Crippen LogP) is 3.50. The first-order valence-electron chi connectivity index (χ1n) is 7.24. The molecule has 1 aromatic rings. The second-order valence-electron chi connectivity index (χ2n) is 5.37. The Morgan fingerprint density at radius 2 is 2.05 bits per heavy atom. The lowest BCUT2D eigenvalue weighted by molar-refractivity contribution is -0.139. The molecule has 0 saturated carbocycles. The van der Waals surface area contributed by atoms with Gasteiger partial charge in [-0.15, -0.1) is 0 Å². The number of hydrogen-bond donors (Lipinski definition) is 1. The van der Waals surface area contributed by atoms with E-state index < -0.39 is 5.97 Å². The monoisotopic (exact) mass is 261 g/mol. The van der Waals surface area contributed by atoms with Crippen LogP contribution in [-0.4, -0.2) is 24.2 Å². The van der Waals surface area contributed by atoms with E-state index in [0.29, 0.717) is 12.3 Å². The average Bonchev–Trinajstić information content (AvgIpc) is 2.44. The van der Waals surface area contributed by atoms with E-state index in [-0.39, 0.29) is 5.92 Å². The number of carboxylic acids is 1. The van der Waals surface area contributed by atoms with Gasteiger partial charge < -0.3 is 10.0 Å². The number of rotatable bonds is 5. The highest BCUT2D eigenvalue weighted by atomic mass is 16.4. The van der Waals surface area contributed by atoms with Gasteiger partial charge in [0.2, 0.25) is 0 Å². The van der Waals surface area contributed by atoms with E-state index in [2.05, 4.69) is 24.8 Å². The molecule has 0 fully saturated rings. The van der Waals surface area contributed by atoms with Gasteiger partial charge in [-0.3, -0.25) is 4.79 Å². The maximum absolute atomic E-state index is 11.3. The highest BCUT2D eigenvalue weighted by molar-refractivity contribution is 5.80. The minimum atomic E-state index is -0.699. The maximum Gasteiger partial charge on any atom is 0.311 e. The number of aliphatic carboxylic acids is 1. The summed E-state index contributed by atoms with van der Waals surface area (Å²) in [7, 11) is 0. The van der Waals surface area contributed by atoms with Crippen molar-refractivity contribution in [2.24, 2.45) is 5.92 Å².